The summed E-state index contributed by atoms with van der Waals surface area (Å²) < 4.78 is 5.91. The van der Waals surface area contributed by atoms with E-state index in [-0.39, 0.29) is 11.9 Å². The zero-order valence-electron chi connectivity index (χ0n) is 14.2. The predicted octanol–water partition coefficient (Wildman–Crippen LogP) is 4.41. The minimum absolute atomic E-state index is 0.0464. The third kappa shape index (κ3) is 3.10. The molecule has 3 aromatic rings. The van der Waals surface area contributed by atoms with Crippen LogP contribution in [-0.4, -0.2) is 12.0 Å². The van der Waals surface area contributed by atoms with Crippen LogP contribution in [0, 0.1) is 0 Å². The van der Waals surface area contributed by atoms with Crippen molar-refractivity contribution in [1.29, 1.82) is 0 Å². The molecule has 1 aliphatic rings. The SMILES string of the molecule is CC(NC(=O)[C@H]1CCc2ccccc2O1)c1cccc2ccccc12. The fourth-order valence-electron chi connectivity index (χ4n) is 3.52. The number of carbonyl (C=O) groups excluding carboxylic acids is 1. The molecule has 0 bridgehead atoms. The largest absolute Gasteiger partial charge is 0.480 e. The van der Waals surface area contributed by atoms with Gasteiger partial charge < -0.3 is 10.1 Å². The quantitative estimate of drug-likeness (QED) is 0.772. The van der Waals surface area contributed by atoms with Crippen LogP contribution in [0.3, 0.4) is 0 Å². The number of aryl methyl sites for hydroxylation is 1. The molecule has 0 aliphatic carbocycles. The predicted molar refractivity (Wildman–Crippen MR) is 99.7 cm³/mol. The lowest BCUT2D eigenvalue weighted by atomic mass is 9.98. The molecule has 2 atom stereocenters. The van der Waals surface area contributed by atoms with E-state index in [9.17, 15) is 4.79 Å². The van der Waals surface area contributed by atoms with Gasteiger partial charge in [0.05, 0.1) is 6.04 Å². The highest BCUT2D eigenvalue weighted by atomic mass is 16.5. The topological polar surface area (TPSA) is 38.3 Å². The number of ether oxygens (including phenoxy) is 1. The van der Waals surface area contributed by atoms with E-state index in [4.69, 9.17) is 4.74 Å². The van der Waals surface area contributed by atoms with Gasteiger partial charge in [-0.1, -0.05) is 60.7 Å². The highest BCUT2D eigenvalue weighted by Crippen LogP contribution is 2.28. The summed E-state index contributed by atoms with van der Waals surface area (Å²) in [4.78, 5) is 12.7. The number of hydrogen-bond acceptors (Lipinski definition) is 2. The van der Waals surface area contributed by atoms with Crippen molar-refractivity contribution in [3.05, 3.63) is 77.9 Å². The number of amides is 1. The van der Waals surface area contributed by atoms with E-state index in [1.807, 2.05) is 43.3 Å². The Labute approximate surface area is 147 Å². The molecule has 25 heavy (non-hydrogen) atoms. The maximum atomic E-state index is 12.7. The van der Waals surface area contributed by atoms with Gasteiger partial charge in [-0.3, -0.25) is 4.79 Å². The van der Waals surface area contributed by atoms with E-state index in [0.29, 0.717) is 6.42 Å². The lowest BCUT2D eigenvalue weighted by molar-refractivity contribution is -0.129. The van der Waals surface area contributed by atoms with Crippen LogP contribution >= 0.6 is 0 Å². The number of para-hydroxylation sites is 1. The standard InChI is InChI=1S/C22H21NO2/c1-15(18-11-6-9-16-7-2-4-10-19(16)18)23-22(24)21-14-13-17-8-3-5-12-20(17)25-21/h2-12,15,21H,13-14H2,1H3,(H,23,24)/t15?,21-/m1/s1. The summed E-state index contributed by atoms with van der Waals surface area (Å²) in [5, 5.41) is 5.48. The summed E-state index contributed by atoms with van der Waals surface area (Å²) in [6.07, 6.45) is 1.16. The van der Waals surface area contributed by atoms with E-state index in [2.05, 4.69) is 35.6 Å². The lowest BCUT2D eigenvalue weighted by Gasteiger charge is -2.27. The van der Waals surface area contributed by atoms with Gasteiger partial charge in [-0.25, -0.2) is 0 Å². The summed E-state index contributed by atoms with van der Waals surface area (Å²) in [5.74, 6) is 0.779. The molecule has 0 radical (unpaired) electrons. The Hall–Kier alpha value is -2.81. The third-order valence-corrected chi connectivity index (χ3v) is 4.86. The Morgan fingerprint density at radius 1 is 1.04 bits per heavy atom. The average molecular weight is 331 g/mol. The second kappa shape index (κ2) is 6.60. The van der Waals surface area contributed by atoms with Crippen molar-refractivity contribution < 1.29 is 9.53 Å². The van der Waals surface area contributed by atoms with Crippen molar-refractivity contribution in [2.45, 2.75) is 31.9 Å². The van der Waals surface area contributed by atoms with Gasteiger partial charge in [0.25, 0.3) is 5.91 Å². The molecule has 1 amide bonds. The summed E-state index contributed by atoms with van der Waals surface area (Å²) >= 11 is 0. The average Bonchev–Trinajstić information content (AvgIpc) is 2.67. The molecule has 3 heteroatoms. The maximum Gasteiger partial charge on any atom is 0.261 e. The van der Waals surface area contributed by atoms with Gasteiger partial charge in [-0.2, -0.15) is 0 Å². The van der Waals surface area contributed by atoms with Crippen molar-refractivity contribution in [2.24, 2.45) is 0 Å². The van der Waals surface area contributed by atoms with E-state index in [1.165, 1.54) is 16.3 Å². The second-order valence-electron chi connectivity index (χ2n) is 6.55. The Bertz CT molecular complexity index is 913. The van der Waals surface area contributed by atoms with Crippen LogP contribution < -0.4 is 10.1 Å². The van der Waals surface area contributed by atoms with E-state index in [1.54, 1.807) is 0 Å². The first-order valence-electron chi connectivity index (χ1n) is 8.75. The minimum atomic E-state index is -0.424. The van der Waals surface area contributed by atoms with Gasteiger partial charge in [-0.05, 0) is 47.7 Å². The Morgan fingerprint density at radius 2 is 1.80 bits per heavy atom. The molecule has 3 aromatic carbocycles. The zero-order valence-corrected chi connectivity index (χ0v) is 14.2. The van der Waals surface area contributed by atoms with Crippen LogP contribution in [-0.2, 0) is 11.2 Å². The van der Waals surface area contributed by atoms with Gasteiger partial charge in [-0.15, -0.1) is 0 Å². The van der Waals surface area contributed by atoms with Crippen LogP contribution in [0.2, 0.25) is 0 Å². The lowest BCUT2D eigenvalue weighted by Crippen LogP contribution is -2.41. The summed E-state index contributed by atoms with van der Waals surface area (Å²) in [6, 6.07) is 22.3. The van der Waals surface area contributed by atoms with Crippen LogP contribution in [0.15, 0.2) is 66.7 Å². The van der Waals surface area contributed by atoms with Gasteiger partial charge in [0.2, 0.25) is 0 Å². The number of carbonyl (C=O) groups is 1. The molecule has 0 aromatic heterocycles. The first-order chi connectivity index (χ1) is 12.2. The van der Waals surface area contributed by atoms with Crippen molar-refractivity contribution >= 4 is 16.7 Å². The molecule has 4 rings (SSSR count). The van der Waals surface area contributed by atoms with Crippen LogP contribution in [0.25, 0.3) is 10.8 Å². The Morgan fingerprint density at radius 3 is 2.72 bits per heavy atom. The molecule has 1 N–H and O–H groups in total. The first-order valence-corrected chi connectivity index (χ1v) is 8.75. The molecule has 3 nitrogen and oxygen atoms in total. The molecule has 1 unspecified atom stereocenters. The summed E-state index contributed by atoms with van der Waals surface area (Å²) in [6.45, 7) is 2.02. The van der Waals surface area contributed by atoms with Crippen LogP contribution in [0.5, 0.6) is 5.75 Å². The molecular formula is C22H21NO2. The third-order valence-electron chi connectivity index (χ3n) is 4.86. The molecule has 0 fully saturated rings. The maximum absolute atomic E-state index is 12.7. The van der Waals surface area contributed by atoms with Crippen LogP contribution in [0.1, 0.15) is 30.5 Å². The fraction of sp³-hybridized carbons (Fsp3) is 0.227. The first kappa shape index (κ1) is 15.7. The van der Waals surface area contributed by atoms with Gasteiger partial charge >= 0.3 is 0 Å². The van der Waals surface area contributed by atoms with Gasteiger partial charge in [0.15, 0.2) is 6.10 Å². The second-order valence-corrected chi connectivity index (χ2v) is 6.55. The van der Waals surface area contributed by atoms with Gasteiger partial charge in [0, 0.05) is 0 Å². The molecular weight excluding hydrogens is 310 g/mol. The highest BCUT2D eigenvalue weighted by molar-refractivity contribution is 5.87. The normalized spacial score (nSPS) is 17.4. The van der Waals surface area contributed by atoms with Gasteiger partial charge in [0.1, 0.15) is 5.75 Å². The Balaban J connectivity index is 1.51. The molecule has 0 saturated carbocycles. The zero-order chi connectivity index (χ0) is 17.2. The van der Waals surface area contributed by atoms with Crippen molar-refractivity contribution in [1.82, 2.24) is 5.32 Å². The minimum Gasteiger partial charge on any atom is -0.480 e. The van der Waals surface area contributed by atoms with Crippen LogP contribution in [0.4, 0.5) is 0 Å². The number of rotatable bonds is 3. The highest BCUT2D eigenvalue weighted by Gasteiger charge is 2.27. The molecule has 126 valence electrons. The summed E-state index contributed by atoms with van der Waals surface area (Å²) in [7, 11) is 0. The number of nitrogens with one attached hydrogen (secondary N) is 1. The van der Waals surface area contributed by atoms with E-state index in [0.717, 1.165) is 17.7 Å². The van der Waals surface area contributed by atoms with Crippen molar-refractivity contribution in [2.75, 3.05) is 0 Å². The number of benzene rings is 3. The Kier molecular flexibility index (Phi) is 4.14. The smallest absolute Gasteiger partial charge is 0.261 e. The van der Waals surface area contributed by atoms with E-state index >= 15 is 0 Å². The molecule has 1 aliphatic heterocycles. The number of hydrogen-bond donors (Lipinski definition) is 1. The fourth-order valence-corrected chi connectivity index (χ4v) is 3.52. The molecule has 1 heterocycles. The van der Waals surface area contributed by atoms with E-state index < -0.39 is 6.10 Å². The molecule has 0 saturated heterocycles. The summed E-state index contributed by atoms with van der Waals surface area (Å²) in [5.41, 5.74) is 2.30. The number of fused-ring (bicyclic) bond motifs is 2. The van der Waals surface area contributed by atoms with Crippen molar-refractivity contribution in [3.63, 3.8) is 0 Å². The monoisotopic (exact) mass is 331 g/mol. The van der Waals surface area contributed by atoms with Crippen molar-refractivity contribution in [3.8, 4) is 5.75 Å². The molecule has 0 spiro atoms.